The predicted molar refractivity (Wildman–Crippen MR) is 137 cm³/mol. The van der Waals surface area contributed by atoms with Gasteiger partial charge in [-0.25, -0.2) is 8.42 Å². The summed E-state index contributed by atoms with van der Waals surface area (Å²) < 4.78 is 34.0. The molecule has 0 bridgehead atoms. The van der Waals surface area contributed by atoms with Crippen LogP contribution in [0.25, 0.3) is 0 Å². The Labute approximate surface area is 212 Å². The van der Waals surface area contributed by atoms with Crippen molar-refractivity contribution in [1.82, 2.24) is 9.62 Å². The van der Waals surface area contributed by atoms with Gasteiger partial charge in [-0.1, -0.05) is 58.0 Å². The minimum atomic E-state index is -3.72. The summed E-state index contributed by atoms with van der Waals surface area (Å²) in [4.78, 5) is 15.0. The highest BCUT2D eigenvalue weighted by atomic mass is 79.9. The number of carbonyl (C=O) groups excluding carboxylic acids is 1. The fraction of sp³-hybridized carbons (Fsp3) is 0.240. The molecule has 1 fully saturated rings. The molecular weight excluding hydrogens is 536 g/mol. The lowest BCUT2D eigenvalue weighted by Gasteiger charge is -2.26. The molecule has 34 heavy (non-hydrogen) atoms. The molecule has 9 heteroatoms. The maximum atomic E-state index is 13.2. The van der Waals surface area contributed by atoms with Gasteiger partial charge in [0.25, 0.3) is 5.91 Å². The number of benzene rings is 3. The second kappa shape index (κ2) is 11.5. The van der Waals surface area contributed by atoms with Crippen molar-refractivity contribution in [2.24, 2.45) is 0 Å². The van der Waals surface area contributed by atoms with Gasteiger partial charge in [-0.15, -0.1) is 0 Å². The van der Waals surface area contributed by atoms with Crippen LogP contribution in [0.4, 0.5) is 0 Å². The van der Waals surface area contributed by atoms with Crippen LogP contribution in [0.3, 0.4) is 0 Å². The van der Waals surface area contributed by atoms with Crippen molar-refractivity contribution < 1.29 is 17.9 Å². The van der Waals surface area contributed by atoms with Crippen molar-refractivity contribution in [3.63, 3.8) is 0 Å². The van der Waals surface area contributed by atoms with E-state index < -0.39 is 10.0 Å². The van der Waals surface area contributed by atoms with Crippen LogP contribution in [0.15, 0.2) is 92.0 Å². The number of nitrogens with one attached hydrogen (secondary N) is 1. The smallest absolute Gasteiger partial charge is 0.252 e. The lowest BCUT2D eigenvalue weighted by Crippen LogP contribution is -2.40. The molecule has 1 heterocycles. The highest BCUT2D eigenvalue weighted by Crippen LogP contribution is 2.33. The molecule has 1 aliphatic heterocycles. The minimum Gasteiger partial charge on any atom is -0.379 e. The lowest BCUT2D eigenvalue weighted by molar-refractivity contribution is 0.0730. The fourth-order valence-corrected chi connectivity index (χ4v) is 6.18. The first-order chi connectivity index (χ1) is 16.4. The normalized spacial score (nSPS) is 14.6. The van der Waals surface area contributed by atoms with E-state index in [0.29, 0.717) is 49.7 Å². The molecule has 1 N–H and O–H groups in total. The molecule has 3 aromatic rings. The minimum absolute atomic E-state index is 0.114. The molecular formula is C25H25BrN2O4S2. The molecule has 178 valence electrons. The number of morpholine rings is 1. The number of hydrogen-bond acceptors (Lipinski definition) is 5. The standard InChI is InChI=1S/C25H25BrN2O4S2/c26-20-6-8-21(9-7-20)33-24-11-10-22(34(30,31)28-14-16-32-17-15-28)18-23(24)25(29)27-13-12-19-4-2-1-3-5-19/h1-11,18H,12-17H2,(H,27,29). The Morgan fingerprint density at radius 1 is 1.00 bits per heavy atom. The van der Waals surface area contributed by atoms with Crippen molar-refractivity contribution in [3.8, 4) is 0 Å². The van der Waals surface area contributed by atoms with Gasteiger partial charge >= 0.3 is 0 Å². The molecule has 3 aromatic carbocycles. The summed E-state index contributed by atoms with van der Waals surface area (Å²) in [5.74, 6) is -0.297. The van der Waals surface area contributed by atoms with Gasteiger partial charge in [0.1, 0.15) is 0 Å². The molecule has 0 unspecified atom stereocenters. The fourth-order valence-electron chi connectivity index (χ4n) is 3.56. The van der Waals surface area contributed by atoms with Crippen molar-refractivity contribution >= 4 is 43.6 Å². The number of halogens is 1. The highest BCUT2D eigenvalue weighted by molar-refractivity contribution is 9.10. The molecule has 1 amide bonds. The molecule has 4 rings (SSSR count). The predicted octanol–water partition coefficient (Wildman–Crippen LogP) is 4.59. The van der Waals surface area contributed by atoms with Gasteiger partial charge in [-0.2, -0.15) is 4.31 Å². The van der Waals surface area contributed by atoms with Gasteiger partial charge in [-0.3, -0.25) is 4.79 Å². The first kappa shape index (κ1) is 24.9. The van der Waals surface area contributed by atoms with E-state index in [-0.39, 0.29) is 10.8 Å². The number of amides is 1. The van der Waals surface area contributed by atoms with Gasteiger partial charge in [0.2, 0.25) is 10.0 Å². The SMILES string of the molecule is O=C(NCCc1ccccc1)c1cc(S(=O)(=O)N2CCOCC2)ccc1Sc1ccc(Br)cc1. The number of carbonyl (C=O) groups is 1. The van der Waals surface area contributed by atoms with E-state index in [1.807, 2.05) is 54.6 Å². The van der Waals surface area contributed by atoms with E-state index >= 15 is 0 Å². The summed E-state index contributed by atoms with van der Waals surface area (Å²) in [5.41, 5.74) is 1.46. The summed E-state index contributed by atoms with van der Waals surface area (Å²) in [7, 11) is -3.72. The lowest BCUT2D eigenvalue weighted by atomic mass is 10.1. The molecule has 0 aromatic heterocycles. The molecule has 0 spiro atoms. The maximum Gasteiger partial charge on any atom is 0.252 e. The van der Waals surface area contributed by atoms with Crippen molar-refractivity contribution in [2.45, 2.75) is 21.1 Å². The van der Waals surface area contributed by atoms with Crippen LogP contribution in [0.2, 0.25) is 0 Å². The Bertz CT molecular complexity index is 1230. The number of sulfonamides is 1. The zero-order valence-corrected chi connectivity index (χ0v) is 21.7. The third-order valence-corrected chi connectivity index (χ3v) is 8.89. The van der Waals surface area contributed by atoms with Crippen LogP contribution in [0.5, 0.6) is 0 Å². The van der Waals surface area contributed by atoms with Crippen LogP contribution in [0, 0.1) is 0 Å². The monoisotopic (exact) mass is 560 g/mol. The van der Waals surface area contributed by atoms with Gasteiger partial charge in [0.05, 0.1) is 23.7 Å². The molecule has 0 atom stereocenters. The Morgan fingerprint density at radius 3 is 2.41 bits per heavy atom. The zero-order valence-electron chi connectivity index (χ0n) is 18.4. The number of rotatable bonds is 8. The van der Waals surface area contributed by atoms with Crippen molar-refractivity contribution in [1.29, 1.82) is 0 Å². The quantitative estimate of drug-likeness (QED) is 0.436. The molecule has 0 aliphatic carbocycles. The summed E-state index contributed by atoms with van der Waals surface area (Å²) in [6.45, 7) is 1.78. The largest absolute Gasteiger partial charge is 0.379 e. The molecule has 1 saturated heterocycles. The Morgan fingerprint density at radius 2 is 1.71 bits per heavy atom. The Kier molecular flexibility index (Phi) is 8.44. The van der Waals surface area contributed by atoms with E-state index in [9.17, 15) is 13.2 Å². The number of ether oxygens (including phenoxy) is 1. The Balaban J connectivity index is 1.59. The second-order valence-electron chi connectivity index (χ2n) is 7.72. The Hall–Kier alpha value is -2.17. The molecule has 6 nitrogen and oxygen atoms in total. The third-order valence-electron chi connectivity index (χ3n) is 5.39. The van der Waals surface area contributed by atoms with Gasteiger partial charge in [-0.05, 0) is 54.4 Å². The summed E-state index contributed by atoms with van der Waals surface area (Å²) >= 11 is 4.86. The maximum absolute atomic E-state index is 13.2. The van der Waals surface area contributed by atoms with E-state index in [0.717, 1.165) is 14.9 Å². The van der Waals surface area contributed by atoms with Gasteiger partial charge in [0.15, 0.2) is 0 Å². The molecule has 1 aliphatic rings. The van der Waals surface area contributed by atoms with E-state index in [4.69, 9.17) is 4.74 Å². The van der Waals surface area contributed by atoms with Crippen LogP contribution in [-0.2, 0) is 21.2 Å². The first-order valence-electron chi connectivity index (χ1n) is 10.9. The first-order valence-corrected chi connectivity index (χ1v) is 14.0. The summed E-state index contributed by atoms with van der Waals surface area (Å²) in [6.07, 6.45) is 0.688. The summed E-state index contributed by atoms with van der Waals surface area (Å²) in [5, 5.41) is 2.95. The van der Waals surface area contributed by atoms with Crippen LogP contribution in [0.1, 0.15) is 15.9 Å². The van der Waals surface area contributed by atoms with E-state index in [2.05, 4.69) is 21.2 Å². The number of hydrogen-bond donors (Lipinski definition) is 1. The van der Waals surface area contributed by atoms with Crippen molar-refractivity contribution in [3.05, 3.63) is 88.4 Å². The van der Waals surface area contributed by atoms with E-state index in [1.165, 1.54) is 22.1 Å². The zero-order chi connectivity index (χ0) is 24.0. The second-order valence-corrected chi connectivity index (χ2v) is 11.7. The molecule has 0 radical (unpaired) electrons. The molecule has 0 saturated carbocycles. The van der Waals surface area contributed by atoms with Crippen LogP contribution in [-0.4, -0.2) is 51.5 Å². The average molecular weight is 562 g/mol. The van der Waals surface area contributed by atoms with Crippen LogP contribution >= 0.6 is 27.7 Å². The topological polar surface area (TPSA) is 75.7 Å². The van der Waals surface area contributed by atoms with Crippen LogP contribution < -0.4 is 5.32 Å². The average Bonchev–Trinajstić information content (AvgIpc) is 2.86. The van der Waals surface area contributed by atoms with Crippen molar-refractivity contribution in [2.75, 3.05) is 32.8 Å². The van der Waals surface area contributed by atoms with Gasteiger partial charge < -0.3 is 10.1 Å². The number of nitrogens with zero attached hydrogens (tertiary/aromatic N) is 1. The summed E-state index contributed by atoms with van der Waals surface area (Å²) in [6, 6.07) is 22.4. The third kappa shape index (κ3) is 6.28. The van der Waals surface area contributed by atoms with Gasteiger partial charge in [0, 0.05) is 33.9 Å². The highest BCUT2D eigenvalue weighted by Gasteiger charge is 2.28. The van der Waals surface area contributed by atoms with E-state index in [1.54, 1.807) is 12.1 Å².